The number of rotatable bonds is 7. The first-order valence-electron chi connectivity index (χ1n) is 10.4. The lowest BCUT2D eigenvalue weighted by atomic mass is 10.1. The van der Waals surface area contributed by atoms with Crippen molar-refractivity contribution in [3.63, 3.8) is 0 Å². The average Bonchev–Trinajstić information content (AvgIpc) is 2.76. The number of hydrogen-bond donors (Lipinski definition) is 2. The molecule has 30 heavy (non-hydrogen) atoms. The maximum atomic E-state index is 14.6. The fourth-order valence-corrected chi connectivity index (χ4v) is 3.81. The van der Waals surface area contributed by atoms with E-state index in [4.69, 9.17) is 11.6 Å². The van der Waals surface area contributed by atoms with Crippen molar-refractivity contribution in [2.75, 3.05) is 26.2 Å². The van der Waals surface area contributed by atoms with Crippen molar-refractivity contribution in [2.24, 2.45) is 0 Å². The number of allylic oxidation sites excluding steroid dienone is 4. The third kappa shape index (κ3) is 5.37. The van der Waals surface area contributed by atoms with E-state index in [1.807, 2.05) is 19.1 Å². The highest BCUT2D eigenvalue weighted by molar-refractivity contribution is 6.31. The number of halogens is 2. The van der Waals surface area contributed by atoms with Gasteiger partial charge in [-0.1, -0.05) is 30.2 Å². The second-order valence-electron chi connectivity index (χ2n) is 7.32. The predicted molar refractivity (Wildman–Crippen MR) is 121 cm³/mol. The minimum Gasteiger partial charge on any atom is -0.379 e. The summed E-state index contributed by atoms with van der Waals surface area (Å²) in [4.78, 5) is 10.7. The first kappa shape index (κ1) is 22.2. The summed E-state index contributed by atoms with van der Waals surface area (Å²) < 4.78 is 14.6. The van der Waals surface area contributed by atoms with Gasteiger partial charge in [-0.05, 0) is 32.4 Å². The number of hydrogen-bond acceptors (Lipinski definition) is 5. The summed E-state index contributed by atoms with van der Waals surface area (Å²) in [7, 11) is 0. The molecule has 1 saturated heterocycles. The Kier molecular flexibility index (Phi) is 7.82. The predicted octanol–water partition coefficient (Wildman–Crippen LogP) is 4.47. The summed E-state index contributed by atoms with van der Waals surface area (Å²) in [6.07, 6.45) is 8.13. The highest BCUT2D eigenvalue weighted by Crippen LogP contribution is 2.25. The molecular weight excluding hydrogens is 401 g/mol. The maximum Gasteiger partial charge on any atom is 0.130 e. The maximum absolute atomic E-state index is 14.6. The molecule has 0 amide bonds. The van der Waals surface area contributed by atoms with Gasteiger partial charge in [-0.2, -0.15) is 0 Å². The van der Waals surface area contributed by atoms with Gasteiger partial charge in [0, 0.05) is 56.7 Å². The van der Waals surface area contributed by atoms with Crippen LogP contribution in [0.2, 0.25) is 0 Å². The van der Waals surface area contributed by atoms with Gasteiger partial charge < -0.3 is 15.5 Å². The van der Waals surface area contributed by atoms with Gasteiger partial charge in [0.2, 0.25) is 0 Å². The fraction of sp³-hybridized carbons (Fsp3) is 0.391. The van der Waals surface area contributed by atoms with Crippen LogP contribution in [-0.4, -0.2) is 41.0 Å². The molecule has 1 aliphatic heterocycles. The Morgan fingerprint density at radius 3 is 2.53 bits per heavy atom. The van der Waals surface area contributed by atoms with Gasteiger partial charge in [0.15, 0.2) is 0 Å². The molecule has 0 saturated carbocycles. The van der Waals surface area contributed by atoms with E-state index in [9.17, 15) is 4.39 Å². The largest absolute Gasteiger partial charge is 0.379 e. The molecule has 2 aromatic rings. The lowest BCUT2D eigenvalue weighted by Crippen LogP contribution is -2.44. The summed E-state index contributed by atoms with van der Waals surface area (Å²) in [5, 5.41) is 7.47. The van der Waals surface area contributed by atoms with Crippen LogP contribution in [0.3, 0.4) is 0 Å². The Labute approximate surface area is 182 Å². The number of nitrogens with one attached hydrogen (secondary N) is 2. The van der Waals surface area contributed by atoms with Crippen molar-refractivity contribution in [3.8, 4) is 0 Å². The van der Waals surface area contributed by atoms with E-state index in [2.05, 4.69) is 39.3 Å². The van der Waals surface area contributed by atoms with Gasteiger partial charge in [0.25, 0.3) is 0 Å². The standard InChI is InChI=1S/C23H29ClFN5/c1-4-16(3)12-18(24)23(30-10-8-26-9-11-30)20(5-2)29-15-17-13-21-22(14-19(17)25)28-7-6-27-21/h5-7,12-14,26,29H,4,8-11,15H2,1-3H3/b16-12+,20-5+,23-18-. The van der Waals surface area contributed by atoms with Gasteiger partial charge in [-0.3, -0.25) is 9.97 Å². The molecular formula is C23H29ClFN5. The zero-order chi connectivity index (χ0) is 21.5. The first-order valence-corrected chi connectivity index (χ1v) is 10.7. The van der Waals surface area contributed by atoms with Crippen LogP contribution in [0, 0.1) is 5.82 Å². The van der Waals surface area contributed by atoms with Crippen LogP contribution in [0.5, 0.6) is 0 Å². The first-order chi connectivity index (χ1) is 14.5. The van der Waals surface area contributed by atoms with E-state index in [1.165, 1.54) is 11.6 Å². The van der Waals surface area contributed by atoms with E-state index in [0.29, 0.717) is 28.2 Å². The molecule has 1 fully saturated rings. The lowest BCUT2D eigenvalue weighted by Gasteiger charge is -2.33. The van der Waals surface area contributed by atoms with E-state index in [0.717, 1.165) is 44.0 Å². The van der Waals surface area contributed by atoms with E-state index >= 15 is 0 Å². The number of aromatic nitrogens is 2. The molecule has 1 aromatic carbocycles. The summed E-state index contributed by atoms with van der Waals surface area (Å²) >= 11 is 6.79. The van der Waals surface area contributed by atoms with E-state index in [1.54, 1.807) is 18.5 Å². The van der Waals surface area contributed by atoms with Crippen molar-refractivity contribution >= 4 is 22.6 Å². The summed E-state index contributed by atoms with van der Waals surface area (Å²) in [5.74, 6) is -0.300. The second kappa shape index (κ2) is 10.5. The number of piperazine rings is 1. The van der Waals surface area contributed by atoms with Crippen molar-refractivity contribution in [1.82, 2.24) is 25.5 Å². The van der Waals surface area contributed by atoms with Crippen molar-refractivity contribution in [2.45, 2.75) is 33.7 Å². The molecule has 3 rings (SSSR count). The van der Waals surface area contributed by atoms with Crippen molar-refractivity contribution < 1.29 is 4.39 Å². The molecule has 0 aliphatic carbocycles. The molecule has 1 aromatic heterocycles. The van der Waals surface area contributed by atoms with E-state index in [-0.39, 0.29) is 5.82 Å². The summed E-state index contributed by atoms with van der Waals surface area (Å²) in [5.41, 5.74) is 4.82. The Balaban J connectivity index is 1.89. The van der Waals surface area contributed by atoms with Crippen molar-refractivity contribution in [3.05, 3.63) is 70.1 Å². The highest BCUT2D eigenvalue weighted by Gasteiger charge is 2.20. The van der Waals surface area contributed by atoms with Crippen LogP contribution in [0.15, 0.2) is 58.7 Å². The molecule has 0 radical (unpaired) electrons. The quantitative estimate of drug-likeness (QED) is 0.636. The molecule has 5 nitrogen and oxygen atoms in total. The van der Waals surface area contributed by atoms with Gasteiger partial charge in [-0.25, -0.2) is 4.39 Å². The van der Waals surface area contributed by atoms with Gasteiger partial charge >= 0.3 is 0 Å². The minimum atomic E-state index is -0.300. The second-order valence-corrected chi connectivity index (χ2v) is 7.73. The van der Waals surface area contributed by atoms with Crippen LogP contribution in [0.25, 0.3) is 11.0 Å². The zero-order valence-corrected chi connectivity index (χ0v) is 18.6. The smallest absolute Gasteiger partial charge is 0.130 e. The molecule has 2 N–H and O–H groups in total. The summed E-state index contributed by atoms with van der Waals surface area (Å²) in [6, 6.07) is 3.18. The molecule has 2 heterocycles. The van der Waals surface area contributed by atoms with Gasteiger partial charge in [0.1, 0.15) is 5.82 Å². The van der Waals surface area contributed by atoms with Gasteiger partial charge in [0.05, 0.1) is 27.5 Å². The molecule has 0 spiro atoms. The monoisotopic (exact) mass is 429 g/mol. The normalized spacial score (nSPS) is 16.6. The third-order valence-electron chi connectivity index (χ3n) is 5.24. The average molecular weight is 430 g/mol. The Bertz CT molecular complexity index is 977. The molecule has 7 heteroatoms. The molecule has 0 unspecified atom stereocenters. The van der Waals surface area contributed by atoms with Gasteiger partial charge in [-0.15, -0.1) is 0 Å². The Hall–Kier alpha value is -2.44. The SMILES string of the molecule is C\C=C(NCc1cc2nccnc2cc1F)/C(=C(Cl)\C=C(/C)CC)N1CCNCC1. The van der Waals surface area contributed by atoms with Crippen molar-refractivity contribution in [1.29, 1.82) is 0 Å². The molecule has 0 bridgehead atoms. The van der Waals surface area contributed by atoms with Crippen LogP contribution in [0.4, 0.5) is 4.39 Å². The minimum absolute atomic E-state index is 0.300. The van der Waals surface area contributed by atoms with Crippen LogP contribution in [0.1, 0.15) is 32.8 Å². The fourth-order valence-electron chi connectivity index (χ4n) is 3.40. The van der Waals surface area contributed by atoms with E-state index < -0.39 is 0 Å². The molecule has 0 atom stereocenters. The molecule has 160 valence electrons. The molecule has 1 aliphatic rings. The third-order valence-corrected chi connectivity index (χ3v) is 5.53. The van der Waals surface area contributed by atoms with Crippen LogP contribution < -0.4 is 10.6 Å². The Morgan fingerprint density at radius 2 is 1.90 bits per heavy atom. The lowest BCUT2D eigenvalue weighted by molar-refractivity contribution is 0.300. The number of fused-ring (bicyclic) bond motifs is 1. The Morgan fingerprint density at radius 1 is 1.23 bits per heavy atom. The zero-order valence-electron chi connectivity index (χ0n) is 17.8. The topological polar surface area (TPSA) is 53.1 Å². The number of benzene rings is 1. The van der Waals surface area contributed by atoms with Crippen LogP contribution >= 0.6 is 11.6 Å². The highest BCUT2D eigenvalue weighted by atomic mass is 35.5. The van der Waals surface area contributed by atoms with Crippen LogP contribution in [-0.2, 0) is 6.54 Å². The summed E-state index contributed by atoms with van der Waals surface area (Å²) in [6.45, 7) is 10.0. The number of nitrogens with zero attached hydrogens (tertiary/aromatic N) is 3.